The van der Waals surface area contributed by atoms with Crippen molar-refractivity contribution in [3.8, 4) is 0 Å². The van der Waals surface area contributed by atoms with Crippen LogP contribution in [0.4, 0.5) is 11.4 Å². The highest BCUT2D eigenvalue weighted by Gasteiger charge is 2.27. The lowest BCUT2D eigenvalue weighted by Gasteiger charge is -2.28. The van der Waals surface area contributed by atoms with Crippen LogP contribution in [0.25, 0.3) is 0 Å². The Balaban J connectivity index is 1.78. The fourth-order valence-electron chi connectivity index (χ4n) is 2.77. The van der Waals surface area contributed by atoms with Gasteiger partial charge in [-0.15, -0.1) is 0 Å². The first kappa shape index (κ1) is 15.7. The van der Waals surface area contributed by atoms with Gasteiger partial charge in [-0.05, 0) is 55.2 Å². The van der Waals surface area contributed by atoms with Crippen LogP contribution in [0.3, 0.4) is 0 Å². The second-order valence-corrected chi connectivity index (χ2v) is 6.46. The number of nitrogens with one attached hydrogen (secondary N) is 1. The highest BCUT2D eigenvalue weighted by molar-refractivity contribution is 9.10. The zero-order valence-corrected chi connectivity index (χ0v) is 14.4. The molecule has 0 aliphatic carbocycles. The van der Waals surface area contributed by atoms with Crippen LogP contribution in [0.15, 0.2) is 46.9 Å². The molecule has 0 fully saturated rings. The molecule has 3 rings (SSSR count). The molecule has 118 valence electrons. The molecule has 0 radical (unpaired) electrons. The zero-order chi connectivity index (χ0) is 16.4. The summed E-state index contributed by atoms with van der Waals surface area (Å²) in [6.07, 6.45) is 1.81. The molecule has 2 amide bonds. The Hall–Kier alpha value is -2.14. The number of amides is 2. The van der Waals surface area contributed by atoms with E-state index < -0.39 is 11.8 Å². The smallest absolute Gasteiger partial charge is 0.316 e. The van der Waals surface area contributed by atoms with Gasteiger partial charge in [-0.3, -0.25) is 9.59 Å². The maximum absolute atomic E-state index is 12.5. The molecule has 0 aromatic heterocycles. The number of aryl methyl sites for hydroxylation is 2. The number of fused-ring (bicyclic) bond motifs is 1. The first-order chi connectivity index (χ1) is 11.1. The number of nitrogens with zero attached hydrogens (tertiary/aromatic N) is 1. The lowest BCUT2D eigenvalue weighted by atomic mass is 10.0. The number of rotatable bonds is 1. The molecule has 0 spiro atoms. The summed E-state index contributed by atoms with van der Waals surface area (Å²) in [6, 6.07) is 13.2. The number of hydrogen-bond donors (Lipinski definition) is 1. The average molecular weight is 373 g/mol. The topological polar surface area (TPSA) is 49.4 Å². The third-order valence-electron chi connectivity index (χ3n) is 3.97. The van der Waals surface area contributed by atoms with Gasteiger partial charge in [-0.2, -0.15) is 0 Å². The highest BCUT2D eigenvalue weighted by Crippen LogP contribution is 2.27. The van der Waals surface area contributed by atoms with Crippen molar-refractivity contribution in [2.45, 2.75) is 19.8 Å². The number of carbonyl (C=O) groups excluding carboxylic acids is 2. The molecule has 0 atom stereocenters. The Labute approximate surface area is 143 Å². The van der Waals surface area contributed by atoms with Gasteiger partial charge in [0.1, 0.15) is 0 Å². The molecule has 1 aliphatic heterocycles. The van der Waals surface area contributed by atoms with Crippen LogP contribution in [0.2, 0.25) is 0 Å². The SMILES string of the molecule is Cc1cc(NC(=O)C(=O)N2CCCc3ccccc32)ccc1Br. The largest absolute Gasteiger partial charge is 0.318 e. The molecule has 0 unspecified atom stereocenters. The fourth-order valence-corrected chi connectivity index (χ4v) is 3.02. The summed E-state index contributed by atoms with van der Waals surface area (Å²) in [6.45, 7) is 2.51. The standard InChI is InChI=1S/C18H17BrN2O2/c1-12-11-14(8-9-15(12)19)20-17(22)18(23)21-10-4-6-13-5-2-3-7-16(13)21/h2-3,5,7-9,11H,4,6,10H2,1H3,(H,20,22). The molecule has 1 heterocycles. The summed E-state index contributed by atoms with van der Waals surface area (Å²) in [5.74, 6) is -1.12. The lowest BCUT2D eigenvalue weighted by molar-refractivity contribution is -0.134. The minimum Gasteiger partial charge on any atom is -0.318 e. The Bertz CT molecular complexity index is 773. The summed E-state index contributed by atoms with van der Waals surface area (Å²) in [5.41, 5.74) is 3.57. The van der Waals surface area contributed by atoms with Crippen molar-refractivity contribution in [2.24, 2.45) is 0 Å². The van der Waals surface area contributed by atoms with Crippen molar-refractivity contribution >= 4 is 39.1 Å². The predicted octanol–water partition coefficient (Wildman–Crippen LogP) is 3.68. The molecule has 0 saturated heterocycles. The van der Waals surface area contributed by atoms with Gasteiger partial charge in [0.25, 0.3) is 0 Å². The molecule has 2 aromatic carbocycles. The van der Waals surface area contributed by atoms with E-state index in [1.807, 2.05) is 43.3 Å². The zero-order valence-electron chi connectivity index (χ0n) is 12.8. The molecule has 4 nitrogen and oxygen atoms in total. The van der Waals surface area contributed by atoms with Crippen molar-refractivity contribution in [1.29, 1.82) is 0 Å². The Kier molecular flexibility index (Phi) is 4.48. The van der Waals surface area contributed by atoms with Crippen LogP contribution in [-0.2, 0) is 16.0 Å². The number of halogens is 1. The van der Waals surface area contributed by atoms with E-state index in [2.05, 4.69) is 21.2 Å². The van der Waals surface area contributed by atoms with Crippen LogP contribution in [-0.4, -0.2) is 18.4 Å². The first-order valence-corrected chi connectivity index (χ1v) is 8.32. The van der Waals surface area contributed by atoms with Crippen LogP contribution in [0, 0.1) is 6.92 Å². The third-order valence-corrected chi connectivity index (χ3v) is 4.86. The van der Waals surface area contributed by atoms with Gasteiger partial charge >= 0.3 is 11.8 Å². The van der Waals surface area contributed by atoms with Gasteiger partial charge in [0.05, 0.1) is 0 Å². The maximum atomic E-state index is 12.5. The molecule has 0 saturated carbocycles. The van der Waals surface area contributed by atoms with Gasteiger partial charge in [-0.1, -0.05) is 34.1 Å². The first-order valence-electron chi connectivity index (χ1n) is 7.53. The minimum absolute atomic E-state index is 0.516. The van der Waals surface area contributed by atoms with Crippen LogP contribution < -0.4 is 10.2 Å². The van der Waals surface area contributed by atoms with Crippen molar-refractivity contribution < 1.29 is 9.59 Å². The van der Waals surface area contributed by atoms with E-state index in [0.717, 1.165) is 34.1 Å². The van der Waals surface area contributed by atoms with Crippen molar-refractivity contribution in [3.63, 3.8) is 0 Å². The molecule has 5 heteroatoms. The molecular formula is C18H17BrN2O2. The van der Waals surface area contributed by atoms with E-state index in [0.29, 0.717) is 12.2 Å². The number of hydrogen-bond acceptors (Lipinski definition) is 2. The second kappa shape index (κ2) is 6.54. The van der Waals surface area contributed by atoms with E-state index in [1.54, 1.807) is 11.0 Å². The van der Waals surface area contributed by atoms with Crippen LogP contribution in [0.5, 0.6) is 0 Å². The van der Waals surface area contributed by atoms with E-state index >= 15 is 0 Å². The Morgan fingerprint density at radius 1 is 1.17 bits per heavy atom. The van der Waals surface area contributed by atoms with Gasteiger partial charge in [-0.25, -0.2) is 0 Å². The average Bonchev–Trinajstić information content (AvgIpc) is 2.57. The van der Waals surface area contributed by atoms with Crippen molar-refractivity contribution in [1.82, 2.24) is 0 Å². The summed E-state index contributed by atoms with van der Waals surface area (Å²) < 4.78 is 0.965. The lowest BCUT2D eigenvalue weighted by Crippen LogP contribution is -2.42. The Morgan fingerprint density at radius 3 is 2.74 bits per heavy atom. The molecule has 1 aliphatic rings. The third kappa shape index (κ3) is 3.29. The van der Waals surface area contributed by atoms with Gasteiger partial charge in [0.2, 0.25) is 0 Å². The minimum atomic E-state index is -0.608. The predicted molar refractivity (Wildman–Crippen MR) is 94.6 cm³/mol. The number of carbonyl (C=O) groups is 2. The van der Waals surface area contributed by atoms with E-state index in [9.17, 15) is 9.59 Å². The maximum Gasteiger partial charge on any atom is 0.316 e. The normalized spacial score (nSPS) is 13.4. The molecule has 1 N–H and O–H groups in total. The summed E-state index contributed by atoms with van der Waals surface area (Å²) in [7, 11) is 0. The second-order valence-electron chi connectivity index (χ2n) is 5.61. The highest BCUT2D eigenvalue weighted by atomic mass is 79.9. The summed E-state index contributed by atoms with van der Waals surface area (Å²) >= 11 is 3.42. The molecule has 2 aromatic rings. The van der Waals surface area contributed by atoms with Gasteiger partial charge in [0.15, 0.2) is 0 Å². The summed E-state index contributed by atoms with van der Waals surface area (Å²) in [4.78, 5) is 26.4. The van der Waals surface area contributed by atoms with Gasteiger partial charge < -0.3 is 10.2 Å². The van der Waals surface area contributed by atoms with Crippen LogP contribution in [0.1, 0.15) is 17.5 Å². The van der Waals surface area contributed by atoms with E-state index in [-0.39, 0.29) is 0 Å². The van der Waals surface area contributed by atoms with Crippen molar-refractivity contribution in [2.75, 3.05) is 16.8 Å². The Morgan fingerprint density at radius 2 is 1.96 bits per heavy atom. The summed E-state index contributed by atoms with van der Waals surface area (Å²) in [5, 5.41) is 2.69. The molecular weight excluding hydrogens is 356 g/mol. The van der Waals surface area contributed by atoms with E-state index in [4.69, 9.17) is 0 Å². The van der Waals surface area contributed by atoms with Gasteiger partial charge in [0, 0.05) is 22.4 Å². The van der Waals surface area contributed by atoms with E-state index in [1.165, 1.54) is 0 Å². The monoisotopic (exact) mass is 372 g/mol. The molecule has 0 bridgehead atoms. The van der Waals surface area contributed by atoms with Crippen molar-refractivity contribution in [3.05, 3.63) is 58.1 Å². The quantitative estimate of drug-likeness (QED) is 0.776. The number of anilines is 2. The van der Waals surface area contributed by atoms with Crippen LogP contribution >= 0.6 is 15.9 Å². The fraction of sp³-hybridized carbons (Fsp3) is 0.222. The number of benzene rings is 2. The molecule has 23 heavy (non-hydrogen) atoms. The number of para-hydroxylation sites is 1.